The summed E-state index contributed by atoms with van der Waals surface area (Å²) in [4.78, 5) is 12.2. The monoisotopic (exact) mass is 238 g/mol. The minimum absolute atomic E-state index is 0.207. The van der Waals surface area contributed by atoms with Gasteiger partial charge in [-0.1, -0.05) is 19.8 Å². The van der Waals surface area contributed by atoms with Crippen molar-refractivity contribution in [2.24, 2.45) is 17.1 Å². The van der Waals surface area contributed by atoms with Gasteiger partial charge in [0, 0.05) is 12.6 Å². The second-order valence-electron chi connectivity index (χ2n) is 5.94. The van der Waals surface area contributed by atoms with Gasteiger partial charge in [-0.05, 0) is 44.4 Å². The van der Waals surface area contributed by atoms with Gasteiger partial charge < -0.3 is 11.1 Å². The van der Waals surface area contributed by atoms with E-state index >= 15 is 0 Å². The van der Waals surface area contributed by atoms with E-state index in [1.54, 1.807) is 0 Å². The van der Waals surface area contributed by atoms with E-state index in [0.29, 0.717) is 12.6 Å². The third-order valence-electron chi connectivity index (χ3n) is 4.94. The highest BCUT2D eigenvalue weighted by Gasteiger charge is 2.43. The standard InChI is InChI=1S/C14H26N2O/c1-2-11-4-6-12(7-5-11)16-13(17)14(10-15)8-3-9-14/h11-12H,2-10,15H2,1H3,(H,16,17). The van der Waals surface area contributed by atoms with Crippen molar-refractivity contribution < 1.29 is 4.79 Å². The van der Waals surface area contributed by atoms with E-state index in [4.69, 9.17) is 5.73 Å². The summed E-state index contributed by atoms with van der Waals surface area (Å²) in [6.45, 7) is 2.78. The molecule has 0 heterocycles. The predicted octanol–water partition coefficient (Wildman–Crippen LogP) is 2.20. The Hall–Kier alpha value is -0.570. The Labute approximate surface area is 105 Å². The smallest absolute Gasteiger partial charge is 0.227 e. The molecule has 98 valence electrons. The molecule has 0 unspecified atom stereocenters. The maximum absolute atomic E-state index is 12.2. The van der Waals surface area contributed by atoms with Crippen LogP contribution in [-0.4, -0.2) is 18.5 Å². The van der Waals surface area contributed by atoms with Gasteiger partial charge in [-0.3, -0.25) is 4.79 Å². The Bertz CT molecular complexity index is 260. The van der Waals surface area contributed by atoms with Crippen LogP contribution in [0.4, 0.5) is 0 Å². The summed E-state index contributed by atoms with van der Waals surface area (Å²) in [5.41, 5.74) is 5.55. The van der Waals surface area contributed by atoms with E-state index < -0.39 is 0 Å². The van der Waals surface area contributed by atoms with Crippen molar-refractivity contribution in [3.63, 3.8) is 0 Å². The number of carbonyl (C=O) groups is 1. The lowest BCUT2D eigenvalue weighted by Gasteiger charge is -2.41. The third-order valence-corrected chi connectivity index (χ3v) is 4.94. The molecule has 0 spiro atoms. The van der Waals surface area contributed by atoms with Gasteiger partial charge in [-0.25, -0.2) is 0 Å². The van der Waals surface area contributed by atoms with Crippen molar-refractivity contribution in [1.82, 2.24) is 5.32 Å². The molecule has 1 amide bonds. The first-order chi connectivity index (χ1) is 8.20. The summed E-state index contributed by atoms with van der Waals surface area (Å²) in [6.07, 6.45) is 9.28. The summed E-state index contributed by atoms with van der Waals surface area (Å²) in [7, 11) is 0. The maximum Gasteiger partial charge on any atom is 0.227 e. The second kappa shape index (κ2) is 5.38. The first-order valence-corrected chi connectivity index (χ1v) is 7.21. The van der Waals surface area contributed by atoms with Crippen molar-refractivity contribution in [3.8, 4) is 0 Å². The number of hydrogen-bond donors (Lipinski definition) is 2. The Kier molecular flexibility index (Phi) is 4.08. The fourth-order valence-electron chi connectivity index (χ4n) is 3.18. The van der Waals surface area contributed by atoms with Crippen molar-refractivity contribution in [2.75, 3.05) is 6.54 Å². The number of amides is 1. The minimum atomic E-state index is -0.207. The Morgan fingerprint density at radius 1 is 1.29 bits per heavy atom. The summed E-state index contributed by atoms with van der Waals surface area (Å²) in [5, 5.41) is 3.24. The highest BCUT2D eigenvalue weighted by Crippen LogP contribution is 2.40. The normalized spacial score (nSPS) is 31.6. The summed E-state index contributed by atoms with van der Waals surface area (Å²) < 4.78 is 0. The van der Waals surface area contributed by atoms with Crippen LogP contribution in [0.5, 0.6) is 0 Å². The molecule has 2 aliphatic rings. The summed E-state index contributed by atoms with van der Waals surface area (Å²) in [5.74, 6) is 1.11. The van der Waals surface area contributed by atoms with Gasteiger partial charge >= 0.3 is 0 Å². The second-order valence-corrected chi connectivity index (χ2v) is 5.94. The average molecular weight is 238 g/mol. The molecule has 17 heavy (non-hydrogen) atoms. The van der Waals surface area contributed by atoms with Crippen LogP contribution in [0.1, 0.15) is 58.3 Å². The SMILES string of the molecule is CCC1CCC(NC(=O)C2(CN)CCC2)CC1. The zero-order valence-corrected chi connectivity index (χ0v) is 11.0. The lowest BCUT2D eigenvalue weighted by Crippen LogP contribution is -2.53. The molecule has 0 aliphatic heterocycles. The molecule has 3 heteroatoms. The average Bonchev–Trinajstić information content (AvgIpc) is 2.29. The number of rotatable bonds is 4. The quantitative estimate of drug-likeness (QED) is 0.789. The molecule has 0 aromatic rings. The summed E-state index contributed by atoms with van der Waals surface area (Å²) >= 11 is 0. The van der Waals surface area contributed by atoms with Crippen LogP contribution in [-0.2, 0) is 4.79 Å². The molecule has 2 rings (SSSR count). The van der Waals surface area contributed by atoms with Gasteiger partial charge in [0.05, 0.1) is 5.41 Å². The van der Waals surface area contributed by atoms with Crippen LogP contribution in [0.25, 0.3) is 0 Å². The zero-order chi connectivity index (χ0) is 12.3. The lowest BCUT2D eigenvalue weighted by molar-refractivity contribution is -0.136. The van der Waals surface area contributed by atoms with E-state index in [-0.39, 0.29) is 11.3 Å². The molecule has 2 saturated carbocycles. The van der Waals surface area contributed by atoms with Gasteiger partial charge in [-0.15, -0.1) is 0 Å². The first-order valence-electron chi connectivity index (χ1n) is 7.21. The number of hydrogen-bond acceptors (Lipinski definition) is 2. The highest BCUT2D eigenvalue weighted by molar-refractivity contribution is 5.84. The molecule has 0 atom stereocenters. The van der Waals surface area contributed by atoms with Crippen molar-refractivity contribution in [1.29, 1.82) is 0 Å². The molecule has 3 N–H and O–H groups in total. The molecule has 0 aromatic heterocycles. The van der Waals surface area contributed by atoms with Crippen molar-refractivity contribution in [2.45, 2.75) is 64.3 Å². The molecule has 2 fully saturated rings. The van der Waals surface area contributed by atoms with Crippen LogP contribution in [0.15, 0.2) is 0 Å². The minimum Gasteiger partial charge on any atom is -0.353 e. The van der Waals surface area contributed by atoms with E-state index in [1.165, 1.54) is 19.3 Å². The molecule has 0 aromatic carbocycles. The third kappa shape index (κ3) is 2.65. The van der Waals surface area contributed by atoms with E-state index in [2.05, 4.69) is 12.2 Å². The van der Waals surface area contributed by atoms with Crippen LogP contribution in [0.2, 0.25) is 0 Å². The van der Waals surface area contributed by atoms with Gasteiger partial charge in [0.15, 0.2) is 0 Å². The van der Waals surface area contributed by atoms with E-state index in [1.807, 2.05) is 0 Å². The van der Waals surface area contributed by atoms with Crippen molar-refractivity contribution in [3.05, 3.63) is 0 Å². The van der Waals surface area contributed by atoms with E-state index in [0.717, 1.165) is 38.0 Å². The van der Waals surface area contributed by atoms with Crippen LogP contribution in [0, 0.1) is 11.3 Å². The number of carbonyl (C=O) groups excluding carboxylic acids is 1. The van der Waals surface area contributed by atoms with Crippen LogP contribution >= 0.6 is 0 Å². The van der Waals surface area contributed by atoms with Gasteiger partial charge in [0.2, 0.25) is 5.91 Å². The Morgan fingerprint density at radius 2 is 1.94 bits per heavy atom. The molecule has 0 bridgehead atoms. The van der Waals surface area contributed by atoms with Gasteiger partial charge in [-0.2, -0.15) is 0 Å². The van der Waals surface area contributed by atoms with E-state index in [9.17, 15) is 4.79 Å². The fourth-order valence-corrected chi connectivity index (χ4v) is 3.18. The molecule has 0 radical (unpaired) electrons. The number of nitrogens with one attached hydrogen (secondary N) is 1. The Morgan fingerprint density at radius 3 is 2.35 bits per heavy atom. The molecular weight excluding hydrogens is 212 g/mol. The number of nitrogens with two attached hydrogens (primary N) is 1. The van der Waals surface area contributed by atoms with Crippen LogP contribution < -0.4 is 11.1 Å². The molecule has 0 saturated heterocycles. The van der Waals surface area contributed by atoms with Gasteiger partial charge in [0.1, 0.15) is 0 Å². The van der Waals surface area contributed by atoms with Crippen LogP contribution in [0.3, 0.4) is 0 Å². The van der Waals surface area contributed by atoms with Crippen molar-refractivity contribution >= 4 is 5.91 Å². The predicted molar refractivity (Wildman–Crippen MR) is 69.5 cm³/mol. The largest absolute Gasteiger partial charge is 0.353 e. The molecular formula is C14H26N2O. The highest BCUT2D eigenvalue weighted by atomic mass is 16.2. The Balaban J connectivity index is 1.79. The summed E-state index contributed by atoms with van der Waals surface area (Å²) in [6, 6.07) is 0.411. The molecule has 3 nitrogen and oxygen atoms in total. The zero-order valence-electron chi connectivity index (χ0n) is 11.0. The molecule has 2 aliphatic carbocycles. The lowest BCUT2D eigenvalue weighted by atomic mass is 9.68. The first kappa shape index (κ1) is 12.9. The fraction of sp³-hybridized carbons (Fsp3) is 0.929. The topological polar surface area (TPSA) is 55.1 Å². The maximum atomic E-state index is 12.2. The van der Waals surface area contributed by atoms with Gasteiger partial charge in [0.25, 0.3) is 0 Å².